The van der Waals surface area contributed by atoms with Crippen molar-refractivity contribution in [3.63, 3.8) is 0 Å². The Balaban J connectivity index is 0.00000364. The molecule has 2 N–H and O–H groups in total. The molecule has 150 valence electrons. The molecule has 0 spiro atoms. The fourth-order valence-corrected chi connectivity index (χ4v) is 2.57. The maximum atomic E-state index is 12.8. The van der Waals surface area contributed by atoms with E-state index in [9.17, 15) is 13.2 Å². The van der Waals surface area contributed by atoms with Crippen LogP contribution in [0.4, 0.5) is 13.2 Å². The van der Waals surface area contributed by atoms with Crippen LogP contribution in [-0.2, 0) is 32.1 Å². The van der Waals surface area contributed by atoms with E-state index >= 15 is 0 Å². The highest BCUT2D eigenvalue weighted by molar-refractivity contribution is 14.0. The van der Waals surface area contributed by atoms with E-state index in [0.717, 1.165) is 42.0 Å². The molecule has 1 aromatic heterocycles. The van der Waals surface area contributed by atoms with Gasteiger partial charge in [0.15, 0.2) is 5.96 Å². The molecule has 0 aliphatic carbocycles. The lowest BCUT2D eigenvalue weighted by molar-refractivity contribution is -0.137. The molecule has 0 fully saturated rings. The second-order valence-corrected chi connectivity index (χ2v) is 5.72. The maximum Gasteiger partial charge on any atom is 0.416 e. The van der Waals surface area contributed by atoms with Crippen LogP contribution in [0.25, 0.3) is 0 Å². The number of rotatable bonds is 6. The Kier molecular flexibility index (Phi) is 9.07. The summed E-state index contributed by atoms with van der Waals surface area (Å²) in [6, 6.07) is 5.22. The third-order valence-corrected chi connectivity index (χ3v) is 3.98. The molecule has 0 aliphatic heterocycles. The van der Waals surface area contributed by atoms with E-state index in [2.05, 4.69) is 20.8 Å². The molecule has 9 heteroatoms. The highest BCUT2D eigenvalue weighted by Gasteiger charge is 2.30. The van der Waals surface area contributed by atoms with Gasteiger partial charge in [-0.1, -0.05) is 31.1 Å². The number of halogens is 4. The number of nitrogens with zero attached hydrogens (tertiary/aromatic N) is 2. The molecule has 0 radical (unpaired) electrons. The van der Waals surface area contributed by atoms with Crippen molar-refractivity contribution in [3.05, 3.63) is 52.4 Å². The minimum atomic E-state index is -4.35. The van der Waals surface area contributed by atoms with Crippen molar-refractivity contribution in [2.24, 2.45) is 4.99 Å². The lowest BCUT2D eigenvalue weighted by Crippen LogP contribution is -2.36. The number of hydrogen-bond acceptors (Lipinski definition) is 3. The minimum absolute atomic E-state index is 0. The molecule has 0 saturated carbocycles. The summed E-state index contributed by atoms with van der Waals surface area (Å²) in [6.07, 6.45) is -2.85. The predicted molar refractivity (Wildman–Crippen MR) is 109 cm³/mol. The smallest absolute Gasteiger partial charge is 0.361 e. The molecule has 2 aromatic rings. The molecule has 0 saturated heterocycles. The normalized spacial score (nSPS) is 11.9. The number of aryl methyl sites for hydroxylation is 2. The molecule has 0 aliphatic rings. The van der Waals surface area contributed by atoms with Gasteiger partial charge in [-0.3, -0.25) is 4.99 Å². The lowest BCUT2D eigenvalue weighted by atomic mass is 10.1. The molecule has 0 bridgehead atoms. The molecule has 0 atom stereocenters. The summed E-state index contributed by atoms with van der Waals surface area (Å²) in [4.78, 5) is 4.11. The van der Waals surface area contributed by atoms with Crippen molar-refractivity contribution < 1.29 is 17.7 Å². The van der Waals surface area contributed by atoms with Gasteiger partial charge in [0.2, 0.25) is 0 Å². The topological polar surface area (TPSA) is 62.5 Å². The summed E-state index contributed by atoms with van der Waals surface area (Å²) in [5.41, 5.74) is 1.75. The highest BCUT2D eigenvalue weighted by Crippen LogP contribution is 2.29. The first-order chi connectivity index (χ1) is 12.4. The Bertz CT molecular complexity index is 738. The Labute approximate surface area is 173 Å². The monoisotopic (exact) mass is 496 g/mol. The van der Waals surface area contributed by atoms with Crippen molar-refractivity contribution in [2.45, 2.75) is 46.0 Å². The molecule has 1 aromatic carbocycles. The van der Waals surface area contributed by atoms with Gasteiger partial charge in [-0.2, -0.15) is 13.2 Å². The average Bonchev–Trinajstić information content (AvgIpc) is 3.03. The number of guanidine groups is 1. The zero-order valence-electron chi connectivity index (χ0n) is 15.5. The van der Waals surface area contributed by atoms with Gasteiger partial charge in [-0.25, -0.2) is 0 Å². The van der Waals surface area contributed by atoms with Gasteiger partial charge in [-0.15, -0.1) is 24.0 Å². The van der Waals surface area contributed by atoms with Crippen molar-refractivity contribution in [1.29, 1.82) is 0 Å². The first-order valence-electron chi connectivity index (χ1n) is 8.45. The first kappa shape index (κ1) is 23.3. The number of aromatic nitrogens is 1. The van der Waals surface area contributed by atoms with Crippen LogP contribution in [0.1, 0.15) is 42.0 Å². The van der Waals surface area contributed by atoms with E-state index in [1.54, 1.807) is 13.1 Å². The molecular weight excluding hydrogens is 472 g/mol. The Morgan fingerprint density at radius 3 is 2.44 bits per heavy atom. The largest absolute Gasteiger partial charge is 0.416 e. The van der Waals surface area contributed by atoms with Crippen molar-refractivity contribution >= 4 is 29.9 Å². The lowest BCUT2D eigenvalue weighted by Gasteiger charge is -2.13. The summed E-state index contributed by atoms with van der Waals surface area (Å²) in [6.45, 7) is 4.71. The second kappa shape index (κ2) is 10.5. The van der Waals surface area contributed by atoms with E-state index in [0.29, 0.717) is 18.1 Å². The second-order valence-electron chi connectivity index (χ2n) is 5.72. The molecule has 0 unspecified atom stereocenters. The highest BCUT2D eigenvalue weighted by atomic mass is 127. The number of nitrogens with one attached hydrogen (secondary N) is 2. The molecule has 27 heavy (non-hydrogen) atoms. The molecule has 1 heterocycles. The molecular formula is C18H24F3IN4O. The van der Waals surface area contributed by atoms with Gasteiger partial charge in [0.05, 0.1) is 11.3 Å². The number of alkyl halides is 3. The first-order valence-corrected chi connectivity index (χ1v) is 8.45. The van der Waals surface area contributed by atoms with E-state index in [1.807, 2.05) is 13.8 Å². The van der Waals surface area contributed by atoms with Crippen LogP contribution in [0.5, 0.6) is 0 Å². The van der Waals surface area contributed by atoms with Crippen LogP contribution in [-0.4, -0.2) is 18.2 Å². The Morgan fingerprint density at radius 1 is 1.15 bits per heavy atom. The van der Waals surface area contributed by atoms with Crippen molar-refractivity contribution in [3.8, 4) is 0 Å². The summed E-state index contributed by atoms with van der Waals surface area (Å²) in [7, 11) is 1.61. The molecule has 0 amide bonds. The predicted octanol–water partition coefficient (Wildman–Crippen LogP) is 4.30. The van der Waals surface area contributed by atoms with E-state index in [1.165, 1.54) is 6.07 Å². The van der Waals surface area contributed by atoms with E-state index < -0.39 is 11.7 Å². The Morgan fingerprint density at radius 2 is 1.85 bits per heavy atom. The minimum Gasteiger partial charge on any atom is -0.361 e. The third kappa shape index (κ3) is 6.40. The maximum absolute atomic E-state index is 12.8. The van der Waals surface area contributed by atoms with E-state index in [4.69, 9.17) is 4.52 Å². The van der Waals surface area contributed by atoms with Gasteiger partial charge in [0.25, 0.3) is 0 Å². The van der Waals surface area contributed by atoms with Crippen LogP contribution in [0.15, 0.2) is 33.8 Å². The standard InChI is InChI=1S/C18H23F3N4O.HI/c1-4-15-14(16(5-2)26-25-15)11-24-17(22-3)23-10-12-7-6-8-13(9-12)18(19,20)21;/h6-9H,4-5,10-11H2,1-3H3,(H2,22,23,24);1H. The zero-order valence-corrected chi connectivity index (χ0v) is 17.8. The summed E-state index contributed by atoms with van der Waals surface area (Å²) >= 11 is 0. The van der Waals surface area contributed by atoms with Gasteiger partial charge in [0, 0.05) is 32.1 Å². The van der Waals surface area contributed by atoms with Gasteiger partial charge in [-0.05, 0) is 24.1 Å². The fourth-order valence-electron chi connectivity index (χ4n) is 2.57. The zero-order chi connectivity index (χ0) is 19.2. The average molecular weight is 496 g/mol. The molecule has 5 nitrogen and oxygen atoms in total. The summed E-state index contributed by atoms with van der Waals surface area (Å²) in [5, 5.41) is 10.2. The van der Waals surface area contributed by atoms with Crippen LogP contribution in [0.3, 0.4) is 0 Å². The quantitative estimate of drug-likeness (QED) is 0.356. The fraction of sp³-hybridized carbons (Fsp3) is 0.444. The summed E-state index contributed by atoms with van der Waals surface area (Å²) < 4.78 is 43.7. The number of benzene rings is 1. The molecule has 2 rings (SSSR count). The van der Waals surface area contributed by atoms with Gasteiger partial charge >= 0.3 is 6.18 Å². The number of hydrogen-bond donors (Lipinski definition) is 2. The van der Waals surface area contributed by atoms with Gasteiger partial charge in [0.1, 0.15) is 5.76 Å². The van der Waals surface area contributed by atoms with E-state index in [-0.39, 0.29) is 30.5 Å². The van der Waals surface area contributed by atoms with Crippen molar-refractivity contribution in [1.82, 2.24) is 15.8 Å². The SMILES string of the molecule is CCc1noc(CC)c1CNC(=NC)NCc1cccc(C(F)(F)F)c1.I. The van der Waals surface area contributed by atoms with Crippen LogP contribution in [0, 0.1) is 0 Å². The van der Waals surface area contributed by atoms with Crippen LogP contribution in [0.2, 0.25) is 0 Å². The van der Waals surface area contributed by atoms with Crippen LogP contribution >= 0.6 is 24.0 Å². The Hall–Kier alpha value is -1.78. The third-order valence-electron chi connectivity index (χ3n) is 3.98. The number of aliphatic imine (C=N–C) groups is 1. The summed E-state index contributed by atoms with van der Waals surface area (Å²) in [5.74, 6) is 1.32. The van der Waals surface area contributed by atoms with Crippen molar-refractivity contribution in [2.75, 3.05) is 7.05 Å². The van der Waals surface area contributed by atoms with Gasteiger partial charge < -0.3 is 15.2 Å². The van der Waals surface area contributed by atoms with Crippen LogP contribution < -0.4 is 10.6 Å².